The SMILES string of the molecule is NCCCC[C@H](N)C(=O)O.O=C(O)CCCC(=O)O. The molecule has 0 bridgehead atoms. The van der Waals surface area contributed by atoms with Crippen molar-refractivity contribution in [3.8, 4) is 0 Å². The Balaban J connectivity index is 0. The first kappa shape index (κ1) is 19.7. The van der Waals surface area contributed by atoms with Crippen molar-refractivity contribution in [2.75, 3.05) is 6.54 Å². The summed E-state index contributed by atoms with van der Waals surface area (Å²) in [5, 5.41) is 24.4. The number of carboxylic acids is 3. The van der Waals surface area contributed by atoms with Crippen LogP contribution in [0, 0.1) is 0 Å². The van der Waals surface area contributed by atoms with Gasteiger partial charge in [0.2, 0.25) is 0 Å². The molecule has 8 heteroatoms. The lowest BCUT2D eigenvalue weighted by atomic mass is 10.1. The molecule has 0 aliphatic rings. The maximum Gasteiger partial charge on any atom is 0.320 e. The van der Waals surface area contributed by atoms with Crippen molar-refractivity contribution < 1.29 is 29.7 Å². The van der Waals surface area contributed by atoms with Crippen LogP contribution in [0.1, 0.15) is 38.5 Å². The highest BCUT2D eigenvalue weighted by atomic mass is 16.4. The molecular formula is C11H22N2O6. The van der Waals surface area contributed by atoms with Crippen LogP contribution >= 0.6 is 0 Å². The Morgan fingerprint density at radius 2 is 1.37 bits per heavy atom. The van der Waals surface area contributed by atoms with Crippen LogP contribution in [0.3, 0.4) is 0 Å². The molecule has 0 radical (unpaired) electrons. The van der Waals surface area contributed by atoms with E-state index >= 15 is 0 Å². The van der Waals surface area contributed by atoms with Gasteiger partial charge in [-0.15, -0.1) is 0 Å². The topological polar surface area (TPSA) is 164 Å². The molecule has 0 saturated heterocycles. The minimum absolute atomic E-state index is 0.0632. The standard InChI is InChI=1S/C6H14N2O2.C5H8O4/c7-4-2-1-3-5(8)6(9)10;6-4(7)2-1-3-5(8)9/h5H,1-4,7-8H2,(H,9,10);1-3H2,(H,6,7)(H,8,9)/t5-;/m0./s1. The van der Waals surface area contributed by atoms with E-state index in [1.807, 2.05) is 0 Å². The summed E-state index contributed by atoms with van der Waals surface area (Å²) in [6.07, 6.45) is 2.25. The van der Waals surface area contributed by atoms with E-state index in [4.69, 9.17) is 26.8 Å². The smallest absolute Gasteiger partial charge is 0.320 e. The number of hydrogen-bond donors (Lipinski definition) is 5. The second-order valence-corrected chi connectivity index (χ2v) is 3.87. The molecule has 0 fully saturated rings. The Morgan fingerprint density at radius 3 is 1.68 bits per heavy atom. The molecule has 0 aliphatic carbocycles. The zero-order valence-corrected chi connectivity index (χ0v) is 10.7. The van der Waals surface area contributed by atoms with Crippen molar-refractivity contribution in [2.24, 2.45) is 11.5 Å². The highest BCUT2D eigenvalue weighted by Gasteiger charge is 2.09. The fourth-order valence-corrected chi connectivity index (χ4v) is 1.02. The third-order valence-electron chi connectivity index (χ3n) is 2.07. The zero-order valence-electron chi connectivity index (χ0n) is 10.7. The van der Waals surface area contributed by atoms with Gasteiger partial charge in [-0.25, -0.2) is 0 Å². The maximum atomic E-state index is 10.1. The Hall–Kier alpha value is -1.67. The van der Waals surface area contributed by atoms with Crippen LogP contribution in [0.2, 0.25) is 0 Å². The van der Waals surface area contributed by atoms with Crippen LogP contribution in [-0.4, -0.2) is 45.8 Å². The summed E-state index contributed by atoms with van der Waals surface area (Å²) >= 11 is 0. The fourth-order valence-electron chi connectivity index (χ4n) is 1.02. The molecule has 0 amide bonds. The molecule has 0 rings (SSSR count). The third kappa shape index (κ3) is 18.9. The number of unbranched alkanes of at least 4 members (excludes halogenated alkanes) is 1. The molecule has 0 aliphatic heterocycles. The van der Waals surface area contributed by atoms with Crippen LogP contribution in [-0.2, 0) is 14.4 Å². The van der Waals surface area contributed by atoms with Crippen molar-refractivity contribution in [2.45, 2.75) is 44.6 Å². The van der Waals surface area contributed by atoms with E-state index in [0.717, 1.165) is 12.8 Å². The third-order valence-corrected chi connectivity index (χ3v) is 2.07. The molecule has 1 atom stereocenters. The van der Waals surface area contributed by atoms with Crippen molar-refractivity contribution in [1.29, 1.82) is 0 Å². The summed E-state index contributed by atoms with van der Waals surface area (Å²) in [6.45, 7) is 0.604. The van der Waals surface area contributed by atoms with E-state index in [9.17, 15) is 14.4 Å². The normalized spacial score (nSPS) is 11.1. The number of rotatable bonds is 9. The van der Waals surface area contributed by atoms with Crippen LogP contribution in [0.15, 0.2) is 0 Å². The molecule has 0 unspecified atom stereocenters. The molecule has 0 aromatic carbocycles. The number of carbonyl (C=O) groups is 3. The molecular weight excluding hydrogens is 256 g/mol. The summed E-state index contributed by atoms with van der Waals surface area (Å²) in [7, 11) is 0. The summed E-state index contributed by atoms with van der Waals surface area (Å²) in [6, 6.07) is -0.716. The second kappa shape index (κ2) is 12.8. The van der Waals surface area contributed by atoms with Gasteiger partial charge in [-0.05, 0) is 25.8 Å². The Morgan fingerprint density at radius 1 is 0.895 bits per heavy atom. The molecule has 8 nitrogen and oxygen atoms in total. The van der Waals surface area contributed by atoms with Gasteiger partial charge in [0.15, 0.2) is 0 Å². The van der Waals surface area contributed by atoms with Gasteiger partial charge in [-0.2, -0.15) is 0 Å². The van der Waals surface area contributed by atoms with Gasteiger partial charge in [0.25, 0.3) is 0 Å². The van der Waals surface area contributed by atoms with E-state index in [1.54, 1.807) is 0 Å². The van der Waals surface area contributed by atoms with Gasteiger partial charge in [0, 0.05) is 12.8 Å². The first-order valence-electron chi connectivity index (χ1n) is 5.93. The zero-order chi connectivity index (χ0) is 15.3. The largest absolute Gasteiger partial charge is 0.481 e. The Kier molecular flexibility index (Phi) is 13.2. The molecule has 112 valence electrons. The van der Waals surface area contributed by atoms with Gasteiger partial charge in [-0.3, -0.25) is 14.4 Å². The van der Waals surface area contributed by atoms with E-state index in [1.165, 1.54) is 0 Å². The monoisotopic (exact) mass is 278 g/mol. The molecule has 0 heterocycles. The highest BCUT2D eigenvalue weighted by Crippen LogP contribution is 1.97. The molecule has 19 heavy (non-hydrogen) atoms. The van der Waals surface area contributed by atoms with Gasteiger partial charge >= 0.3 is 17.9 Å². The maximum absolute atomic E-state index is 10.1. The number of carboxylic acid groups (broad SMARTS) is 3. The van der Waals surface area contributed by atoms with E-state index in [0.29, 0.717) is 13.0 Å². The summed E-state index contributed by atoms with van der Waals surface area (Å²) < 4.78 is 0. The molecule has 0 spiro atoms. The number of hydrogen-bond acceptors (Lipinski definition) is 5. The van der Waals surface area contributed by atoms with Crippen molar-refractivity contribution in [3.63, 3.8) is 0 Å². The molecule has 0 saturated carbocycles. The van der Waals surface area contributed by atoms with Gasteiger partial charge < -0.3 is 26.8 Å². The Labute approximate surface area is 111 Å². The van der Waals surface area contributed by atoms with E-state index in [-0.39, 0.29) is 19.3 Å². The first-order valence-corrected chi connectivity index (χ1v) is 5.93. The van der Waals surface area contributed by atoms with E-state index < -0.39 is 23.9 Å². The number of aliphatic carboxylic acids is 3. The van der Waals surface area contributed by atoms with Crippen LogP contribution in [0.5, 0.6) is 0 Å². The molecule has 7 N–H and O–H groups in total. The minimum Gasteiger partial charge on any atom is -0.481 e. The van der Waals surface area contributed by atoms with Gasteiger partial charge in [-0.1, -0.05) is 6.42 Å². The van der Waals surface area contributed by atoms with E-state index in [2.05, 4.69) is 0 Å². The minimum atomic E-state index is -0.948. The summed E-state index contributed by atoms with van der Waals surface area (Å²) in [5.41, 5.74) is 10.4. The average Bonchev–Trinajstić information content (AvgIpc) is 2.28. The lowest BCUT2D eigenvalue weighted by Gasteiger charge is -2.03. The highest BCUT2D eigenvalue weighted by molar-refractivity contribution is 5.72. The predicted molar refractivity (Wildman–Crippen MR) is 67.6 cm³/mol. The fraction of sp³-hybridized carbons (Fsp3) is 0.727. The lowest BCUT2D eigenvalue weighted by Crippen LogP contribution is -2.29. The second-order valence-electron chi connectivity index (χ2n) is 3.87. The van der Waals surface area contributed by atoms with Crippen molar-refractivity contribution in [3.05, 3.63) is 0 Å². The predicted octanol–water partition coefficient (Wildman–Crippen LogP) is -0.147. The number of nitrogens with two attached hydrogens (primary N) is 2. The van der Waals surface area contributed by atoms with Crippen LogP contribution in [0.25, 0.3) is 0 Å². The van der Waals surface area contributed by atoms with Crippen molar-refractivity contribution in [1.82, 2.24) is 0 Å². The van der Waals surface area contributed by atoms with Gasteiger partial charge in [0.1, 0.15) is 6.04 Å². The van der Waals surface area contributed by atoms with Crippen molar-refractivity contribution >= 4 is 17.9 Å². The average molecular weight is 278 g/mol. The summed E-state index contributed by atoms with van der Waals surface area (Å²) in [5.74, 6) is -2.83. The van der Waals surface area contributed by atoms with Gasteiger partial charge in [0.05, 0.1) is 0 Å². The Bertz CT molecular complexity index is 268. The van der Waals surface area contributed by atoms with Crippen LogP contribution < -0.4 is 11.5 Å². The molecule has 0 aromatic heterocycles. The quantitative estimate of drug-likeness (QED) is 0.363. The lowest BCUT2D eigenvalue weighted by molar-refractivity contribution is -0.140. The van der Waals surface area contributed by atoms with Crippen LogP contribution in [0.4, 0.5) is 0 Å². The molecule has 0 aromatic rings. The first-order chi connectivity index (χ1) is 8.81. The summed E-state index contributed by atoms with van der Waals surface area (Å²) in [4.78, 5) is 29.7.